The minimum Gasteiger partial charge on any atom is -0.490 e. The number of para-hydroxylation sites is 1. The molecule has 0 heterocycles. The van der Waals surface area contributed by atoms with Gasteiger partial charge in [-0.1, -0.05) is 41.9 Å². The lowest BCUT2D eigenvalue weighted by Gasteiger charge is -2.14. The molecular weight excluding hydrogens is 412 g/mol. The van der Waals surface area contributed by atoms with E-state index in [1.54, 1.807) is 30.5 Å². The predicted molar refractivity (Wildman–Crippen MR) is 126 cm³/mol. The molecule has 5 nitrogen and oxygen atoms in total. The van der Waals surface area contributed by atoms with Gasteiger partial charge in [-0.25, -0.2) is 0 Å². The van der Waals surface area contributed by atoms with Gasteiger partial charge < -0.3 is 14.8 Å². The van der Waals surface area contributed by atoms with E-state index in [0.29, 0.717) is 28.8 Å². The number of nitrogens with zero attached hydrogens (tertiary/aromatic N) is 1. The number of rotatable bonds is 8. The number of aryl methyl sites for hydroxylation is 1. The lowest BCUT2D eigenvalue weighted by molar-refractivity contribution is -0.118. The lowest BCUT2D eigenvalue weighted by Crippen LogP contribution is -2.20. The fraction of sp³-hybridized carbons (Fsp3) is 0.200. The van der Waals surface area contributed by atoms with Gasteiger partial charge in [0.25, 0.3) is 5.91 Å². The zero-order valence-corrected chi connectivity index (χ0v) is 18.6. The molecule has 3 rings (SSSR count). The first-order valence-electron chi connectivity index (χ1n) is 10.0. The van der Waals surface area contributed by atoms with Crippen molar-refractivity contribution in [2.75, 3.05) is 18.5 Å². The molecule has 0 spiro atoms. The first kappa shape index (κ1) is 22.4. The standard InChI is InChI=1S/C25H25ClN2O3/c1-4-30-23-14-19(15-27-22-12-8-9-17(2)18(22)3)13-21(26)25(23)31-16-24(29)28-20-10-6-5-7-11-20/h5-15H,4,16H2,1-3H3,(H,28,29). The Morgan fingerprint density at radius 3 is 2.58 bits per heavy atom. The molecule has 0 atom stereocenters. The van der Waals surface area contributed by atoms with E-state index in [1.165, 1.54) is 5.56 Å². The van der Waals surface area contributed by atoms with Gasteiger partial charge in [0.15, 0.2) is 18.1 Å². The maximum absolute atomic E-state index is 12.2. The summed E-state index contributed by atoms with van der Waals surface area (Å²) in [4.78, 5) is 16.8. The third kappa shape index (κ3) is 6.09. The third-order valence-corrected chi connectivity index (χ3v) is 4.95. The molecule has 0 saturated carbocycles. The lowest BCUT2D eigenvalue weighted by atomic mass is 10.1. The van der Waals surface area contributed by atoms with Crippen LogP contribution in [0.2, 0.25) is 5.02 Å². The maximum Gasteiger partial charge on any atom is 0.262 e. The number of aliphatic imine (C=N–C) groups is 1. The third-order valence-electron chi connectivity index (χ3n) is 4.67. The number of hydrogen-bond acceptors (Lipinski definition) is 4. The second kappa shape index (κ2) is 10.6. The highest BCUT2D eigenvalue weighted by molar-refractivity contribution is 6.32. The van der Waals surface area contributed by atoms with Crippen LogP contribution in [0.15, 0.2) is 65.7 Å². The van der Waals surface area contributed by atoms with E-state index in [4.69, 9.17) is 21.1 Å². The van der Waals surface area contributed by atoms with E-state index in [9.17, 15) is 4.79 Å². The van der Waals surface area contributed by atoms with Crippen molar-refractivity contribution in [3.63, 3.8) is 0 Å². The minimum atomic E-state index is -0.287. The fourth-order valence-corrected chi connectivity index (χ4v) is 3.21. The molecule has 31 heavy (non-hydrogen) atoms. The van der Waals surface area contributed by atoms with E-state index in [1.807, 2.05) is 44.2 Å². The molecule has 3 aromatic rings. The van der Waals surface area contributed by atoms with Gasteiger partial charge in [-0.15, -0.1) is 0 Å². The molecule has 0 aromatic heterocycles. The summed E-state index contributed by atoms with van der Waals surface area (Å²) >= 11 is 6.45. The summed E-state index contributed by atoms with van der Waals surface area (Å²) in [6.07, 6.45) is 1.74. The molecule has 1 amide bonds. The molecule has 0 aliphatic rings. The van der Waals surface area contributed by atoms with Crippen molar-refractivity contribution in [3.05, 3.63) is 82.4 Å². The normalized spacial score (nSPS) is 10.8. The van der Waals surface area contributed by atoms with Crippen LogP contribution in [0.3, 0.4) is 0 Å². The molecule has 0 aliphatic carbocycles. The first-order chi connectivity index (χ1) is 15.0. The Kier molecular flexibility index (Phi) is 7.68. The molecule has 0 fully saturated rings. The van der Waals surface area contributed by atoms with Gasteiger partial charge in [0.1, 0.15) is 0 Å². The Hall–Kier alpha value is -3.31. The van der Waals surface area contributed by atoms with E-state index in [2.05, 4.69) is 23.3 Å². The molecule has 6 heteroatoms. The van der Waals surface area contributed by atoms with Crippen molar-refractivity contribution >= 4 is 35.1 Å². The van der Waals surface area contributed by atoms with Crippen molar-refractivity contribution < 1.29 is 14.3 Å². The average Bonchev–Trinajstić information content (AvgIpc) is 2.75. The number of ether oxygens (including phenoxy) is 2. The van der Waals surface area contributed by atoms with E-state index >= 15 is 0 Å². The number of nitrogens with one attached hydrogen (secondary N) is 1. The zero-order valence-electron chi connectivity index (χ0n) is 17.8. The summed E-state index contributed by atoms with van der Waals surface area (Å²) in [5.74, 6) is 0.505. The van der Waals surface area contributed by atoms with Crippen molar-refractivity contribution in [2.24, 2.45) is 4.99 Å². The largest absolute Gasteiger partial charge is 0.490 e. The van der Waals surface area contributed by atoms with Crippen molar-refractivity contribution in [1.82, 2.24) is 0 Å². The van der Waals surface area contributed by atoms with Gasteiger partial charge in [-0.3, -0.25) is 9.79 Å². The van der Waals surface area contributed by atoms with E-state index in [0.717, 1.165) is 16.8 Å². The van der Waals surface area contributed by atoms with Gasteiger partial charge >= 0.3 is 0 Å². The number of halogens is 1. The Bertz CT molecular complexity index is 1080. The topological polar surface area (TPSA) is 59.9 Å². The van der Waals surface area contributed by atoms with Crippen LogP contribution in [0.5, 0.6) is 11.5 Å². The second-order valence-electron chi connectivity index (χ2n) is 6.94. The number of anilines is 1. The average molecular weight is 437 g/mol. The van der Waals surface area contributed by atoms with Crippen molar-refractivity contribution in [3.8, 4) is 11.5 Å². The maximum atomic E-state index is 12.2. The van der Waals surface area contributed by atoms with Gasteiger partial charge in [0.2, 0.25) is 0 Å². The molecule has 0 bridgehead atoms. The quantitative estimate of drug-likeness (QED) is 0.432. The molecular formula is C25H25ClN2O3. The fourth-order valence-electron chi connectivity index (χ4n) is 2.94. The van der Waals surface area contributed by atoms with E-state index in [-0.39, 0.29) is 12.5 Å². The van der Waals surface area contributed by atoms with Crippen LogP contribution in [0, 0.1) is 13.8 Å². The SMILES string of the molecule is CCOc1cc(C=Nc2cccc(C)c2C)cc(Cl)c1OCC(=O)Nc1ccccc1. The molecule has 160 valence electrons. The Morgan fingerprint density at radius 2 is 1.84 bits per heavy atom. The highest BCUT2D eigenvalue weighted by atomic mass is 35.5. The molecule has 0 radical (unpaired) electrons. The number of carbonyl (C=O) groups is 1. The van der Waals surface area contributed by atoms with Crippen LogP contribution < -0.4 is 14.8 Å². The number of hydrogen-bond donors (Lipinski definition) is 1. The molecule has 0 unspecified atom stereocenters. The van der Waals surface area contributed by atoms with Crippen LogP contribution in [0.4, 0.5) is 11.4 Å². The molecule has 1 N–H and O–H groups in total. The second-order valence-corrected chi connectivity index (χ2v) is 7.35. The van der Waals surface area contributed by atoms with Gasteiger partial charge in [-0.05, 0) is 67.8 Å². The Labute approximate surface area is 187 Å². The highest BCUT2D eigenvalue weighted by Gasteiger charge is 2.14. The summed E-state index contributed by atoms with van der Waals surface area (Å²) in [5.41, 5.74) is 4.67. The van der Waals surface area contributed by atoms with Crippen LogP contribution in [0.1, 0.15) is 23.6 Å². The number of benzene rings is 3. The summed E-state index contributed by atoms with van der Waals surface area (Å²) in [5, 5.41) is 3.12. The van der Waals surface area contributed by atoms with Crippen molar-refractivity contribution in [2.45, 2.75) is 20.8 Å². The first-order valence-corrected chi connectivity index (χ1v) is 10.4. The zero-order chi connectivity index (χ0) is 22.2. The summed E-state index contributed by atoms with van der Waals surface area (Å²) in [6.45, 7) is 6.21. The predicted octanol–water partition coefficient (Wildman–Crippen LogP) is 6.12. The molecule has 3 aromatic carbocycles. The summed E-state index contributed by atoms with van der Waals surface area (Å²) in [7, 11) is 0. The van der Waals surface area contributed by atoms with Crippen LogP contribution in [-0.4, -0.2) is 25.3 Å². The van der Waals surface area contributed by atoms with Crippen molar-refractivity contribution in [1.29, 1.82) is 0 Å². The van der Waals surface area contributed by atoms with Gasteiger partial charge in [0, 0.05) is 11.9 Å². The summed E-state index contributed by atoms with van der Waals surface area (Å²) < 4.78 is 11.4. The molecule has 0 saturated heterocycles. The summed E-state index contributed by atoms with van der Waals surface area (Å²) in [6, 6.07) is 18.7. The number of carbonyl (C=O) groups excluding carboxylic acids is 1. The monoisotopic (exact) mass is 436 g/mol. The van der Waals surface area contributed by atoms with Crippen LogP contribution >= 0.6 is 11.6 Å². The van der Waals surface area contributed by atoms with E-state index < -0.39 is 0 Å². The minimum absolute atomic E-state index is 0.190. The Morgan fingerprint density at radius 1 is 1.06 bits per heavy atom. The molecule has 0 aliphatic heterocycles. The van der Waals surface area contributed by atoms with Gasteiger partial charge in [0.05, 0.1) is 17.3 Å². The Balaban J connectivity index is 1.76. The van der Waals surface area contributed by atoms with Crippen LogP contribution in [-0.2, 0) is 4.79 Å². The number of amides is 1. The smallest absolute Gasteiger partial charge is 0.262 e. The highest BCUT2D eigenvalue weighted by Crippen LogP contribution is 2.36. The van der Waals surface area contributed by atoms with Crippen LogP contribution in [0.25, 0.3) is 0 Å². The van der Waals surface area contributed by atoms with Gasteiger partial charge in [-0.2, -0.15) is 0 Å².